The van der Waals surface area contributed by atoms with Crippen LogP contribution in [0, 0.1) is 0 Å². The zero-order valence-electron chi connectivity index (χ0n) is 16.9. The number of amides is 1. The fraction of sp³-hybridized carbons (Fsp3) is 0.591. The first-order valence-corrected chi connectivity index (χ1v) is 11.6. The van der Waals surface area contributed by atoms with E-state index in [2.05, 4.69) is 5.32 Å². The van der Waals surface area contributed by atoms with Crippen LogP contribution in [0.4, 0.5) is 0 Å². The number of nitrogens with one attached hydrogen (secondary N) is 1. The molecule has 1 amide bonds. The van der Waals surface area contributed by atoms with Crippen molar-refractivity contribution in [2.75, 3.05) is 6.61 Å². The van der Waals surface area contributed by atoms with Crippen molar-refractivity contribution in [3.8, 4) is 0 Å². The predicted molar refractivity (Wildman–Crippen MR) is 115 cm³/mol. The van der Waals surface area contributed by atoms with Crippen molar-refractivity contribution in [3.63, 3.8) is 0 Å². The molecule has 2 fully saturated rings. The van der Waals surface area contributed by atoms with Crippen molar-refractivity contribution in [2.45, 2.75) is 81.0 Å². The van der Waals surface area contributed by atoms with Crippen molar-refractivity contribution in [2.24, 2.45) is 0 Å². The van der Waals surface area contributed by atoms with E-state index in [1.165, 1.54) is 31.0 Å². The Morgan fingerprint density at radius 1 is 1.24 bits per heavy atom. The van der Waals surface area contributed by atoms with Crippen LogP contribution in [0.5, 0.6) is 0 Å². The number of carbonyl (C=O) groups is 1. The Morgan fingerprint density at radius 3 is 2.79 bits per heavy atom. The Kier molecular flexibility index (Phi) is 6.55. The van der Waals surface area contributed by atoms with Crippen LogP contribution in [0.25, 0.3) is 10.9 Å². The molecule has 29 heavy (non-hydrogen) atoms. The number of ether oxygens (including phenoxy) is 1. The lowest BCUT2D eigenvalue weighted by Crippen LogP contribution is -2.40. The quantitative estimate of drug-likeness (QED) is 0.577. The normalized spacial score (nSPS) is 21.3. The molecule has 0 bridgehead atoms. The van der Waals surface area contributed by atoms with E-state index in [4.69, 9.17) is 9.72 Å². The molecule has 1 aromatic heterocycles. The monoisotopic (exact) mass is 415 g/mol. The Bertz CT molecular complexity index is 917. The van der Waals surface area contributed by atoms with Gasteiger partial charge < -0.3 is 10.1 Å². The van der Waals surface area contributed by atoms with Gasteiger partial charge in [0.15, 0.2) is 5.16 Å². The van der Waals surface area contributed by atoms with Crippen LogP contribution in [-0.2, 0) is 16.1 Å². The number of thioether (sulfide) groups is 1. The second-order valence-corrected chi connectivity index (χ2v) is 9.37. The van der Waals surface area contributed by atoms with E-state index in [1.807, 2.05) is 31.2 Å². The third-order valence-corrected chi connectivity index (χ3v) is 6.93. The summed E-state index contributed by atoms with van der Waals surface area (Å²) < 4.78 is 7.46. The average Bonchev–Trinajstić information content (AvgIpc) is 3.25. The van der Waals surface area contributed by atoms with Crippen LogP contribution < -0.4 is 10.9 Å². The third-order valence-electron chi connectivity index (χ3n) is 5.84. The highest BCUT2D eigenvalue weighted by atomic mass is 32.2. The Hall–Kier alpha value is -1.86. The number of para-hydroxylation sites is 1. The van der Waals surface area contributed by atoms with Gasteiger partial charge in [0.05, 0.1) is 28.8 Å². The molecule has 1 aromatic carbocycles. The molecule has 1 saturated heterocycles. The lowest BCUT2D eigenvalue weighted by molar-refractivity contribution is -0.121. The molecule has 2 aliphatic rings. The van der Waals surface area contributed by atoms with Gasteiger partial charge in [-0.2, -0.15) is 0 Å². The summed E-state index contributed by atoms with van der Waals surface area (Å²) in [5.74, 6) is 0.0213. The van der Waals surface area contributed by atoms with Crippen molar-refractivity contribution in [1.82, 2.24) is 14.9 Å². The maximum atomic E-state index is 13.2. The highest BCUT2D eigenvalue weighted by Gasteiger charge is 2.24. The van der Waals surface area contributed by atoms with Crippen molar-refractivity contribution < 1.29 is 9.53 Å². The SMILES string of the molecule is C[C@@H](Sc1nc2ccccc2c(=O)n1C[C@H]1CCCO1)C(=O)NC1CCCCC1. The fourth-order valence-corrected chi connectivity index (χ4v) is 5.09. The Morgan fingerprint density at radius 2 is 2.03 bits per heavy atom. The summed E-state index contributed by atoms with van der Waals surface area (Å²) in [5.41, 5.74) is 0.608. The van der Waals surface area contributed by atoms with E-state index in [0.717, 1.165) is 32.3 Å². The average molecular weight is 416 g/mol. The number of nitrogens with zero attached hydrogens (tertiary/aromatic N) is 2. The number of aromatic nitrogens is 2. The lowest BCUT2D eigenvalue weighted by atomic mass is 9.95. The minimum Gasteiger partial charge on any atom is -0.376 e. The van der Waals surface area contributed by atoms with Gasteiger partial charge in [-0.05, 0) is 44.7 Å². The maximum Gasteiger partial charge on any atom is 0.262 e. The van der Waals surface area contributed by atoms with Gasteiger partial charge in [-0.3, -0.25) is 14.2 Å². The van der Waals surface area contributed by atoms with Gasteiger partial charge in [0.25, 0.3) is 5.56 Å². The topological polar surface area (TPSA) is 73.2 Å². The number of rotatable bonds is 6. The highest BCUT2D eigenvalue weighted by molar-refractivity contribution is 8.00. The van der Waals surface area contributed by atoms with E-state index >= 15 is 0 Å². The van der Waals surface area contributed by atoms with Gasteiger partial charge in [0.1, 0.15) is 0 Å². The van der Waals surface area contributed by atoms with Crippen molar-refractivity contribution in [1.29, 1.82) is 0 Å². The molecule has 7 heteroatoms. The van der Waals surface area contributed by atoms with Crippen molar-refractivity contribution in [3.05, 3.63) is 34.6 Å². The largest absolute Gasteiger partial charge is 0.376 e. The van der Waals surface area contributed by atoms with Crippen LogP contribution in [0.3, 0.4) is 0 Å². The summed E-state index contributed by atoms with van der Waals surface area (Å²) in [4.78, 5) is 30.6. The molecule has 1 aliphatic carbocycles. The number of benzene rings is 1. The molecule has 1 saturated carbocycles. The molecule has 2 aromatic rings. The molecular weight excluding hydrogens is 386 g/mol. The van der Waals surface area contributed by atoms with Crippen LogP contribution >= 0.6 is 11.8 Å². The predicted octanol–water partition coefficient (Wildman–Crippen LogP) is 3.51. The first-order valence-electron chi connectivity index (χ1n) is 10.7. The van der Waals surface area contributed by atoms with Gasteiger partial charge in [-0.1, -0.05) is 43.2 Å². The summed E-state index contributed by atoms with van der Waals surface area (Å²) in [7, 11) is 0. The molecule has 0 unspecified atom stereocenters. The van der Waals surface area contributed by atoms with Gasteiger partial charge in [-0.25, -0.2) is 4.98 Å². The van der Waals surface area contributed by atoms with Crippen LogP contribution in [0.2, 0.25) is 0 Å². The van der Waals surface area contributed by atoms with E-state index in [0.29, 0.717) is 22.6 Å². The van der Waals surface area contributed by atoms with E-state index in [1.54, 1.807) is 4.57 Å². The number of carbonyl (C=O) groups excluding carboxylic acids is 1. The highest BCUT2D eigenvalue weighted by Crippen LogP contribution is 2.25. The fourth-order valence-electron chi connectivity index (χ4n) is 4.17. The summed E-state index contributed by atoms with van der Waals surface area (Å²) in [6, 6.07) is 7.67. The van der Waals surface area contributed by atoms with Gasteiger partial charge >= 0.3 is 0 Å². The first kappa shape index (κ1) is 20.4. The van der Waals surface area contributed by atoms with Crippen molar-refractivity contribution >= 4 is 28.6 Å². The molecular formula is C22H29N3O3S. The standard InChI is InChI=1S/C22H29N3O3S/c1-15(20(26)23-16-8-3-2-4-9-16)29-22-24-19-12-6-5-11-18(19)21(27)25(22)14-17-10-7-13-28-17/h5-6,11-12,15-17H,2-4,7-10,13-14H2,1H3,(H,23,26)/t15-,17-/m1/s1. The van der Waals surface area contributed by atoms with Gasteiger partial charge in [0.2, 0.25) is 5.91 Å². The van der Waals surface area contributed by atoms with Crippen LogP contribution in [0.15, 0.2) is 34.2 Å². The smallest absolute Gasteiger partial charge is 0.262 e. The summed E-state index contributed by atoms with van der Waals surface area (Å²) >= 11 is 1.36. The van der Waals surface area contributed by atoms with Gasteiger partial charge in [-0.15, -0.1) is 0 Å². The molecule has 6 nitrogen and oxygen atoms in total. The Labute approximate surface area is 175 Å². The zero-order chi connectivity index (χ0) is 20.2. The molecule has 1 N–H and O–H groups in total. The number of fused-ring (bicyclic) bond motifs is 1. The minimum absolute atomic E-state index is 0.0213. The summed E-state index contributed by atoms with van der Waals surface area (Å²) in [5, 5.41) is 4.06. The molecule has 156 valence electrons. The molecule has 0 radical (unpaired) electrons. The van der Waals surface area contributed by atoms with E-state index in [9.17, 15) is 9.59 Å². The third kappa shape index (κ3) is 4.83. The molecule has 1 aliphatic heterocycles. The Balaban J connectivity index is 1.57. The minimum atomic E-state index is -0.319. The maximum absolute atomic E-state index is 13.2. The van der Waals surface area contributed by atoms with Gasteiger partial charge in [0, 0.05) is 12.6 Å². The number of hydrogen-bond acceptors (Lipinski definition) is 5. The van der Waals surface area contributed by atoms with E-state index in [-0.39, 0.29) is 28.9 Å². The van der Waals surface area contributed by atoms with Crippen LogP contribution in [0.1, 0.15) is 51.9 Å². The second kappa shape index (κ2) is 9.30. The zero-order valence-corrected chi connectivity index (χ0v) is 17.7. The molecule has 2 heterocycles. The molecule has 2 atom stereocenters. The van der Waals surface area contributed by atoms with E-state index < -0.39 is 0 Å². The second-order valence-electron chi connectivity index (χ2n) is 8.07. The number of hydrogen-bond donors (Lipinski definition) is 1. The lowest BCUT2D eigenvalue weighted by Gasteiger charge is -2.24. The molecule has 4 rings (SSSR count). The summed E-state index contributed by atoms with van der Waals surface area (Å²) in [6.07, 6.45) is 7.72. The summed E-state index contributed by atoms with van der Waals surface area (Å²) in [6.45, 7) is 3.11. The van der Waals surface area contributed by atoms with Crippen LogP contribution in [-0.4, -0.2) is 39.5 Å². The molecule has 0 spiro atoms. The first-order chi connectivity index (χ1) is 14.1.